The summed E-state index contributed by atoms with van der Waals surface area (Å²) < 4.78 is 8.73. The molecule has 0 aliphatic heterocycles. The maximum Gasteiger partial charge on any atom is 0.148 e. The van der Waals surface area contributed by atoms with Crippen molar-refractivity contribution in [1.29, 1.82) is 0 Å². The third kappa shape index (κ3) is 2.80. The Balaban J connectivity index is 1.89. The van der Waals surface area contributed by atoms with Crippen LogP contribution < -0.4 is 0 Å². The predicted octanol–water partition coefficient (Wildman–Crippen LogP) is 8.42. The van der Waals surface area contributed by atoms with Gasteiger partial charge in [-0.15, -0.1) is 0 Å². The molecule has 3 aromatic carbocycles. The highest BCUT2D eigenvalue weighted by atomic mass is 16.3. The first-order valence-electron chi connectivity index (χ1n) is 11.8. The number of fused-ring (bicyclic) bond motifs is 6. The molecule has 0 radical (unpaired) electrons. The van der Waals surface area contributed by atoms with Crippen LogP contribution >= 0.6 is 0 Å². The normalized spacial score (nSPS) is 11.8. The van der Waals surface area contributed by atoms with Crippen molar-refractivity contribution >= 4 is 27.5 Å². The zero-order valence-corrected chi connectivity index (χ0v) is 20.6. The maximum absolute atomic E-state index is 6.40. The largest absolute Gasteiger partial charge is 0.460 e. The highest BCUT2D eigenvalue weighted by Crippen LogP contribution is 2.43. The second-order valence-electron chi connectivity index (χ2n) is 9.59. The van der Waals surface area contributed by atoms with Crippen LogP contribution in [0.4, 0.5) is 0 Å². The second kappa shape index (κ2) is 7.33. The summed E-state index contributed by atoms with van der Waals surface area (Å²) in [5.74, 6) is 0.898. The molecule has 6 rings (SSSR count). The number of rotatable bonds is 2. The fraction of sp³-hybridized carbons (Fsp3) is 0.194. The van der Waals surface area contributed by atoms with Gasteiger partial charge >= 0.3 is 0 Å². The number of pyridine rings is 1. The Morgan fingerprint density at radius 1 is 0.676 bits per heavy atom. The van der Waals surface area contributed by atoms with Crippen LogP contribution in [-0.2, 0) is 0 Å². The molecule has 3 heteroatoms. The number of hydrogen-bond donors (Lipinski definition) is 0. The van der Waals surface area contributed by atoms with Crippen molar-refractivity contribution in [2.45, 2.75) is 41.5 Å². The minimum Gasteiger partial charge on any atom is -0.460 e. The van der Waals surface area contributed by atoms with E-state index >= 15 is 0 Å². The number of aromatic nitrogens is 2. The lowest BCUT2D eigenvalue weighted by Crippen LogP contribution is -1.99. The first-order valence-corrected chi connectivity index (χ1v) is 11.8. The second-order valence-corrected chi connectivity index (χ2v) is 9.59. The van der Waals surface area contributed by atoms with Crippen LogP contribution in [0.15, 0.2) is 65.2 Å². The Bertz CT molecular complexity index is 1720. The van der Waals surface area contributed by atoms with Gasteiger partial charge in [-0.1, -0.05) is 42.5 Å². The van der Waals surface area contributed by atoms with Gasteiger partial charge in [-0.25, -0.2) is 4.98 Å². The van der Waals surface area contributed by atoms with E-state index in [1.165, 1.54) is 44.5 Å². The Hall–Kier alpha value is -3.85. The molecule has 6 aromatic rings. The van der Waals surface area contributed by atoms with Gasteiger partial charge in [-0.3, -0.25) is 4.40 Å². The molecule has 0 saturated carbocycles. The van der Waals surface area contributed by atoms with Crippen LogP contribution in [0.1, 0.15) is 33.6 Å². The number of imidazole rings is 1. The minimum absolute atomic E-state index is 0.898. The van der Waals surface area contributed by atoms with Crippen molar-refractivity contribution in [2.24, 2.45) is 0 Å². The van der Waals surface area contributed by atoms with Crippen LogP contribution in [0.3, 0.4) is 0 Å². The van der Waals surface area contributed by atoms with Crippen molar-refractivity contribution in [2.75, 3.05) is 0 Å². The quantitative estimate of drug-likeness (QED) is 0.268. The molecule has 0 atom stereocenters. The molecule has 3 aromatic heterocycles. The van der Waals surface area contributed by atoms with Crippen LogP contribution in [-0.4, -0.2) is 9.38 Å². The summed E-state index contributed by atoms with van der Waals surface area (Å²) in [7, 11) is 0. The van der Waals surface area contributed by atoms with Crippen LogP contribution in [0.25, 0.3) is 49.9 Å². The van der Waals surface area contributed by atoms with Crippen LogP contribution in [0.2, 0.25) is 0 Å². The number of benzene rings is 3. The molecule has 0 amide bonds. The van der Waals surface area contributed by atoms with Gasteiger partial charge in [0.15, 0.2) is 0 Å². The van der Waals surface area contributed by atoms with Gasteiger partial charge in [0.05, 0.1) is 28.2 Å². The van der Waals surface area contributed by atoms with E-state index in [2.05, 4.69) is 93.6 Å². The zero-order chi connectivity index (χ0) is 23.7. The van der Waals surface area contributed by atoms with Crippen molar-refractivity contribution in [1.82, 2.24) is 9.38 Å². The average molecular weight is 445 g/mol. The number of nitrogens with zero attached hydrogens (tertiary/aromatic N) is 2. The van der Waals surface area contributed by atoms with E-state index in [9.17, 15) is 0 Å². The third-order valence-corrected chi connectivity index (χ3v) is 7.19. The van der Waals surface area contributed by atoms with Gasteiger partial charge in [-0.2, -0.15) is 0 Å². The van der Waals surface area contributed by atoms with Gasteiger partial charge in [0.25, 0.3) is 0 Å². The summed E-state index contributed by atoms with van der Waals surface area (Å²) in [5.41, 5.74) is 14.2. The van der Waals surface area contributed by atoms with Gasteiger partial charge in [0, 0.05) is 5.56 Å². The van der Waals surface area contributed by atoms with E-state index < -0.39 is 0 Å². The zero-order valence-electron chi connectivity index (χ0n) is 20.6. The summed E-state index contributed by atoms with van der Waals surface area (Å²) in [6.45, 7) is 13.0. The molecule has 0 unspecified atom stereocenters. The summed E-state index contributed by atoms with van der Waals surface area (Å²) in [5, 5.41) is 2.21. The van der Waals surface area contributed by atoms with Crippen LogP contribution in [0.5, 0.6) is 0 Å². The molecule has 0 fully saturated rings. The first kappa shape index (κ1) is 20.7. The number of furan rings is 1. The predicted molar refractivity (Wildman–Crippen MR) is 142 cm³/mol. The molecule has 0 N–H and O–H groups in total. The number of aryl methyl sites for hydroxylation is 6. The average Bonchev–Trinajstić information content (AvgIpc) is 3.38. The molecule has 0 bridgehead atoms. The maximum atomic E-state index is 6.40. The lowest BCUT2D eigenvalue weighted by Gasteiger charge is -2.18. The van der Waals surface area contributed by atoms with E-state index in [-0.39, 0.29) is 0 Å². The lowest BCUT2D eigenvalue weighted by molar-refractivity contribution is 0.581. The minimum atomic E-state index is 0.898. The topological polar surface area (TPSA) is 30.4 Å². The van der Waals surface area contributed by atoms with E-state index in [0.29, 0.717) is 0 Å². The Morgan fingerprint density at radius 3 is 1.91 bits per heavy atom. The fourth-order valence-electron chi connectivity index (χ4n) is 5.69. The highest BCUT2D eigenvalue weighted by molar-refractivity contribution is 6.16. The van der Waals surface area contributed by atoms with Crippen LogP contribution in [0, 0.1) is 41.5 Å². The van der Waals surface area contributed by atoms with E-state index in [0.717, 1.165) is 39.0 Å². The molecule has 0 aliphatic rings. The Morgan fingerprint density at radius 2 is 1.26 bits per heavy atom. The number of hydrogen-bond acceptors (Lipinski definition) is 2. The summed E-state index contributed by atoms with van der Waals surface area (Å²) in [6.07, 6.45) is 2.02. The first-order chi connectivity index (χ1) is 16.4. The lowest BCUT2D eigenvalue weighted by atomic mass is 9.89. The van der Waals surface area contributed by atoms with Crippen molar-refractivity contribution in [3.05, 3.63) is 94.4 Å². The molecular formula is C31H28N2O. The Labute approximate surface area is 199 Å². The SMILES string of the molecule is Cc1cc2c(o1)c1c(-c3c(C)cccc3C)c(C)ccc1n1c(-c3c(C)cccc3C)cnc21. The van der Waals surface area contributed by atoms with E-state index in [1.54, 1.807) is 0 Å². The molecule has 0 aliphatic carbocycles. The molecule has 168 valence electrons. The highest BCUT2D eigenvalue weighted by Gasteiger charge is 2.23. The van der Waals surface area contributed by atoms with Gasteiger partial charge in [0.1, 0.15) is 17.0 Å². The molecule has 3 heterocycles. The van der Waals surface area contributed by atoms with Crippen molar-refractivity contribution in [3.63, 3.8) is 0 Å². The van der Waals surface area contributed by atoms with Gasteiger partial charge in [0.2, 0.25) is 0 Å². The molecule has 0 saturated heterocycles. The monoisotopic (exact) mass is 444 g/mol. The van der Waals surface area contributed by atoms with Crippen molar-refractivity contribution in [3.8, 4) is 22.4 Å². The van der Waals surface area contributed by atoms with Crippen molar-refractivity contribution < 1.29 is 4.42 Å². The standard InChI is InChI=1S/C31H28N2O/c1-17-9-7-10-18(2)26(17)25-16-32-31-23-15-22(6)34-30(23)29-24(33(25)31)14-13-21(5)28(29)27-19(3)11-8-12-20(27)4/h7-16H,1-6H3. The molecule has 0 spiro atoms. The molecule has 3 nitrogen and oxygen atoms in total. The summed E-state index contributed by atoms with van der Waals surface area (Å²) in [6, 6.07) is 19.6. The third-order valence-electron chi connectivity index (χ3n) is 7.19. The molecular weight excluding hydrogens is 416 g/mol. The molecule has 34 heavy (non-hydrogen) atoms. The fourth-order valence-corrected chi connectivity index (χ4v) is 5.69. The van der Waals surface area contributed by atoms with Gasteiger partial charge < -0.3 is 4.42 Å². The van der Waals surface area contributed by atoms with E-state index in [1.807, 2.05) is 13.1 Å². The smallest absolute Gasteiger partial charge is 0.148 e. The summed E-state index contributed by atoms with van der Waals surface area (Å²) >= 11 is 0. The van der Waals surface area contributed by atoms with Gasteiger partial charge in [-0.05, 0) is 92.6 Å². The Kier molecular flexibility index (Phi) is 4.47. The van der Waals surface area contributed by atoms with E-state index in [4.69, 9.17) is 9.40 Å². The summed E-state index contributed by atoms with van der Waals surface area (Å²) in [4.78, 5) is 4.93.